The summed E-state index contributed by atoms with van der Waals surface area (Å²) in [5.41, 5.74) is 2.10. The number of fused-ring (bicyclic) bond motifs is 1. The molecule has 4 heteroatoms. The van der Waals surface area contributed by atoms with Gasteiger partial charge in [-0.1, -0.05) is 0 Å². The third-order valence-corrected chi connectivity index (χ3v) is 3.25. The second-order valence-electron chi connectivity index (χ2n) is 4.38. The van der Waals surface area contributed by atoms with Crippen LogP contribution in [0.1, 0.15) is 18.2 Å². The van der Waals surface area contributed by atoms with Crippen LogP contribution in [0.3, 0.4) is 0 Å². The van der Waals surface area contributed by atoms with E-state index in [0.29, 0.717) is 11.8 Å². The minimum atomic E-state index is 0.305. The van der Waals surface area contributed by atoms with Crippen LogP contribution in [0.2, 0.25) is 0 Å². The van der Waals surface area contributed by atoms with Crippen molar-refractivity contribution in [2.24, 2.45) is 0 Å². The molecule has 4 nitrogen and oxygen atoms in total. The molecule has 1 aliphatic heterocycles. The van der Waals surface area contributed by atoms with E-state index in [-0.39, 0.29) is 0 Å². The summed E-state index contributed by atoms with van der Waals surface area (Å²) in [6, 6.07) is 5.91. The first-order valence-electron chi connectivity index (χ1n) is 5.64. The van der Waals surface area contributed by atoms with E-state index in [4.69, 9.17) is 0 Å². The van der Waals surface area contributed by atoms with Crippen LogP contribution in [0.25, 0.3) is 10.9 Å². The number of phenolic OH excluding ortho intramolecular Hbond substituents is 1. The molecule has 1 aliphatic rings. The van der Waals surface area contributed by atoms with Gasteiger partial charge in [0.2, 0.25) is 0 Å². The van der Waals surface area contributed by atoms with E-state index in [0.717, 1.165) is 36.1 Å². The van der Waals surface area contributed by atoms with Crippen LogP contribution >= 0.6 is 0 Å². The molecule has 2 aromatic rings. The van der Waals surface area contributed by atoms with E-state index >= 15 is 0 Å². The molecule has 1 unspecified atom stereocenters. The van der Waals surface area contributed by atoms with Crippen LogP contribution in [0.15, 0.2) is 18.2 Å². The van der Waals surface area contributed by atoms with E-state index < -0.39 is 0 Å². The first kappa shape index (κ1) is 9.66. The van der Waals surface area contributed by atoms with Crippen molar-refractivity contribution < 1.29 is 5.11 Å². The Morgan fingerprint density at radius 2 is 2.38 bits per heavy atom. The highest BCUT2D eigenvalue weighted by atomic mass is 16.3. The topological polar surface area (TPSA) is 50.1 Å². The number of aromatic nitrogens is 2. The fourth-order valence-electron chi connectivity index (χ4n) is 2.41. The largest absolute Gasteiger partial charge is 0.508 e. The van der Waals surface area contributed by atoms with Crippen molar-refractivity contribution in [2.45, 2.75) is 19.4 Å². The zero-order valence-corrected chi connectivity index (χ0v) is 9.27. The van der Waals surface area contributed by atoms with Crippen LogP contribution in [0.4, 0.5) is 0 Å². The summed E-state index contributed by atoms with van der Waals surface area (Å²) >= 11 is 0. The Morgan fingerprint density at radius 1 is 1.50 bits per heavy atom. The third kappa shape index (κ3) is 1.38. The summed E-state index contributed by atoms with van der Waals surface area (Å²) in [5, 5.41) is 18.5. The molecule has 0 bridgehead atoms. The number of nitrogens with one attached hydrogen (secondary N) is 1. The molecule has 0 radical (unpaired) electrons. The molecule has 1 aromatic carbocycles. The fraction of sp³-hybridized carbons (Fsp3) is 0.417. The van der Waals surface area contributed by atoms with Gasteiger partial charge in [-0.3, -0.25) is 4.68 Å². The molecule has 0 spiro atoms. The summed E-state index contributed by atoms with van der Waals surface area (Å²) in [5.74, 6) is 0.305. The van der Waals surface area contributed by atoms with Crippen LogP contribution < -0.4 is 5.32 Å². The fourth-order valence-corrected chi connectivity index (χ4v) is 2.41. The number of benzene rings is 1. The van der Waals surface area contributed by atoms with Crippen molar-refractivity contribution in [2.75, 3.05) is 13.1 Å². The number of hydrogen-bond acceptors (Lipinski definition) is 3. The SMILES string of the molecule is Cc1nn(C2CCNC2)c2ccc(O)cc12. The van der Waals surface area contributed by atoms with Gasteiger partial charge in [-0.05, 0) is 38.1 Å². The van der Waals surface area contributed by atoms with Crippen molar-refractivity contribution in [3.8, 4) is 5.75 Å². The molecule has 2 heterocycles. The second-order valence-corrected chi connectivity index (χ2v) is 4.38. The maximum atomic E-state index is 9.48. The van der Waals surface area contributed by atoms with Gasteiger partial charge < -0.3 is 10.4 Å². The van der Waals surface area contributed by atoms with Gasteiger partial charge >= 0.3 is 0 Å². The van der Waals surface area contributed by atoms with Crippen molar-refractivity contribution in [3.63, 3.8) is 0 Å². The molecule has 1 fully saturated rings. The van der Waals surface area contributed by atoms with Crippen molar-refractivity contribution in [1.82, 2.24) is 15.1 Å². The molecule has 2 N–H and O–H groups in total. The van der Waals surface area contributed by atoms with Crippen LogP contribution in [-0.4, -0.2) is 28.0 Å². The van der Waals surface area contributed by atoms with E-state index in [1.165, 1.54) is 0 Å². The molecule has 1 aromatic heterocycles. The Morgan fingerprint density at radius 3 is 3.12 bits per heavy atom. The molecule has 3 rings (SSSR count). The maximum Gasteiger partial charge on any atom is 0.116 e. The van der Waals surface area contributed by atoms with Gasteiger partial charge in [-0.2, -0.15) is 5.10 Å². The number of rotatable bonds is 1. The van der Waals surface area contributed by atoms with E-state index in [1.807, 2.05) is 13.0 Å². The predicted molar refractivity (Wildman–Crippen MR) is 62.7 cm³/mol. The Bertz CT molecular complexity index is 526. The molecule has 84 valence electrons. The minimum absolute atomic E-state index is 0.305. The molecular formula is C12H15N3O. The smallest absolute Gasteiger partial charge is 0.116 e. The Balaban J connectivity index is 2.18. The Kier molecular flexibility index (Phi) is 2.11. The maximum absolute atomic E-state index is 9.48. The molecular weight excluding hydrogens is 202 g/mol. The predicted octanol–water partition coefficient (Wildman–Crippen LogP) is 1.58. The second kappa shape index (κ2) is 3.49. The van der Waals surface area contributed by atoms with Gasteiger partial charge in [0.15, 0.2) is 0 Å². The Labute approximate surface area is 93.9 Å². The summed E-state index contributed by atoms with van der Waals surface area (Å²) in [4.78, 5) is 0. The lowest BCUT2D eigenvalue weighted by atomic mass is 10.2. The van der Waals surface area contributed by atoms with Gasteiger partial charge in [-0.15, -0.1) is 0 Å². The van der Waals surface area contributed by atoms with Gasteiger partial charge in [0.1, 0.15) is 5.75 Å². The quantitative estimate of drug-likeness (QED) is 0.762. The number of aromatic hydroxyl groups is 1. The van der Waals surface area contributed by atoms with E-state index in [2.05, 4.69) is 15.1 Å². The summed E-state index contributed by atoms with van der Waals surface area (Å²) in [7, 11) is 0. The molecule has 0 amide bonds. The highest BCUT2D eigenvalue weighted by Crippen LogP contribution is 2.27. The van der Waals surface area contributed by atoms with Crippen molar-refractivity contribution >= 4 is 10.9 Å². The zero-order valence-electron chi connectivity index (χ0n) is 9.27. The van der Waals surface area contributed by atoms with Gasteiger partial charge in [0.25, 0.3) is 0 Å². The minimum Gasteiger partial charge on any atom is -0.508 e. The average molecular weight is 217 g/mol. The standard InChI is InChI=1S/C12H15N3O/c1-8-11-6-10(16)2-3-12(11)15(14-8)9-4-5-13-7-9/h2-3,6,9,13,16H,4-5,7H2,1H3. The molecule has 1 saturated heterocycles. The highest BCUT2D eigenvalue weighted by molar-refractivity contribution is 5.83. The van der Waals surface area contributed by atoms with Crippen molar-refractivity contribution in [1.29, 1.82) is 0 Å². The zero-order chi connectivity index (χ0) is 11.1. The van der Waals surface area contributed by atoms with Gasteiger partial charge in [-0.25, -0.2) is 0 Å². The lowest BCUT2D eigenvalue weighted by Gasteiger charge is -2.10. The van der Waals surface area contributed by atoms with Crippen molar-refractivity contribution in [3.05, 3.63) is 23.9 Å². The van der Waals surface area contributed by atoms with Crippen LogP contribution in [0.5, 0.6) is 5.75 Å². The number of nitrogens with zero attached hydrogens (tertiary/aromatic N) is 2. The lowest BCUT2D eigenvalue weighted by Crippen LogP contribution is -2.14. The Hall–Kier alpha value is -1.55. The number of phenols is 1. The molecule has 1 atom stereocenters. The summed E-state index contributed by atoms with van der Waals surface area (Å²) in [6.45, 7) is 4.03. The molecule has 0 saturated carbocycles. The monoisotopic (exact) mass is 217 g/mol. The highest BCUT2D eigenvalue weighted by Gasteiger charge is 2.20. The number of hydrogen-bond donors (Lipinski definition) is 2. The molecule has 0 aliphatic carbocycles. The summed E-state index contributed by atoms with van der Waals surface area (Å²) in [6.07, 6.45) is 1.12. The average Bonchev–Trinajstić information content (AvgIpc) is 2.87. The van der Waals surface area contributed by atoms with Crippen LogP contribution in [-0.2, 0) is 0 Å². The van der Waals surface area contributed by atoms with E-state index in [1.54, 1.807) is 12.1 Å². The normalized spacial score (nSPS) is 20.7. The number of aryl methyl sites for hydroxylation is 1. The first-order valence-corrected chi connectivity index (χ1v) is 5.64. The molecule has 16 heavy (non-hydrogen) atoms. The van der Waals surface area contributed by atoms with Gasteiger partial charge in [0.05, 0.1) is 17.3 Å². The van der Waals surface area contributed by atoms with Gasteiger partial charge in [0, 0.05) is 11.9 Å². The van der Waals surface area contributed by atoms with Crippen LogP contribution in [0, 0.1) is 6.92 Å². The lowest BCUT2D eigenvalue weighted by molar-refractivity contribution is 0.476. The van der Waals surface area contributed by atoms with E-state index in [9.17, 15) is 5.11 Å². The first-order chi connectivity index (χ1) is 7.75. The summed E-state index contributed by atoms with van der Waals surface area (Å²) < 4.78 is 2.09. The third-order valence-electron chi connectivity index (χ3n) is 3.25.